The van der Waals surface area contributed by atoms with Crippen LogP contribution in [0, 0.1) is 23.0 Å². The first-order valence-corrected chi connectivity index (χ1v) is 7.45. The number of ether oxygens (including phenoxy) is 1. The van der Waals surface area contributed by atoms with Crippen LogP contribution in [0.5, 0.6) is 5.75 Å². The zero-order valence-electron chi connectivity index (χ0n) is 13.8. The maximum absolute atomic E-state index is 13.8. The number of likely N-dealkylation sites (N-methyl/N-ethyl adjacent to an activating group) is 1. The number of hydrogen-bond acceptors (Lipinski definition) is 4. The molecule has 0 fully saturated rings. The van der Waals surface area contributed by atoms with Crippen molar-refractivity contribution in [2.24, 2.45) is 0 Å². The van der Waals surface area contributed by atoms with Crippen LogP contribution in [0.2, 0.25) is 0 Å². The lowest BCUT2D eigenvalue weighted by molar-refractivity contribution is -0.130. The van der Waals surface area contributed by atoms with Crippen molar-refractivity contribution in [1.82, 2.24) is 4.90 Å². The predicted molar refractivity (Wildman–Crippen MR) is 89.0 cm³/mol. The van der Waals surface area contributed by atoms with Crippen molar-refractivity contribution in [3.63, 3.8) is 0 Å². The Balaban J connectivity index is 2.03. The molecular formula is C18H17F2N3O2. The normalized spacial score (nSPS) is 10.0. The van der Waals surface area contributed by atoms with Crippen molar-refractivity contribution < 1.29 is 18.3 Å². The highest BCUT2D eigenvalue weighted by Crippen LogP contribution is 2.22. The van der Waals surface area contributed by atoms with Crippen LogP contribution < -0.4 is 10.1 Å². The maximum Gasteiger partial charge on any atom is 0.259 e. The number of anilines is 1. The highest BCUT2D eigenvalue weighted by Gasteiger charge is 2.11. The second-order valence-corrected chi connectivity index (χ2v) is 5.50. The molecule has 7 heteroatoms. The van der Waals surface area contributed by atoms with Crippen LogP contribution in [0.4, 0.5) is 14.5 Å². The standard InChI is InChI=1S/C18H17F2N3O2/c1-23(2)17(24)11-25-14-5-3-4-12(6-14)10-22-18-15(19)7-13(9-21)8-16(18)20/h3-8,22H,10-11H2,1-2H3. The molecule has 0 atom stereocenters. The Morgan fingerprint density at radius 3 is 2.52 bits per heavy atom. The summed E-state index contributed by atoms with van der Waals surface area (Å²) in [5.41, 5.74) is 0.340. The van der Waals surface area contributed by atoms with Crippen molar-refractivity contribution in [2.75, 3.05) is 26.0 Å². The summed E-state index contributed by atoms with van der Waals surface area (Å²) in [5, 5.41) is 11.4. The molecule has 1 N–H and O–H groups in total. The topological polar surface area (TPSA) is 65.4 Å². The highest BCUT2D eigenvalue weighted by atomic mass is 19.1. The van der Waals surface area contributed by atoms with Gasteiger partial charge in [-0.2, -0.15) is 5.26 Å². The van der Waals surface area contributed by atoms with E-state index in [9.17, 15) is 13.6 Å². The van der Waals surface area contributed by atoms with Gasteiger partial charge in [0.25, 0.3) is 5.91 Å². The first-order chi connectivity index (χ1) is 11.9. The van der Waals surface area contributed by atoms with Gasteiger partial charge in [-0.25, -0.2) is 8.78 Å². The van der Waals surface area contributed by atoms with Gasteiger partial charge in [-0.15, -0.1) is 0 Å². The minimum Gasteiger partial charge on any atom is -0.484 e. The van der Waals surface area contributed by atoms with E-state index >= 15 is 0 Å². The fourth-order valence-electron chi connectivity index (χ4n) is 2.02. The zero-order chi connectivity index (χ0) is 18.4. The number of halogens is 2. The quantitative estimate of drug-likeness (QED) is 0.874. The van der Waals surface area contributed by atoms with Gasteiger partial charge in [-0.3, -0.25) is 4.79 Å². The third-order valence-electron chi connectivity index (χ3n) is 3.40. The van der Waals surface area contributed by atoms with Crippen molar-refractivity contribution in [2.45, 2.75) is 6.54 Å². The Kier molecular flexibility index (Phi) is 5.90. The van der Waals surface area contributed by atoms with Gasteiger partial charge in [0.05, 0.1) is 11.6 Å². The molecule has 2 aromatic carbocycles. The van der Waals surface area contributed by atoms with E-state index in [0.29, 0.717) is 5.75 Å². The van der Waals surface area contributed by atoms with Crippen LogP contribution in [0.3, 0.4) is 0 Å². The summed E-state index contributed by atoms with van der Waals surface area (Å²) >= 11 is 0. The Hall–Kier alpha value is -3.14. The predicted octanol–water partition coefficient (Wildman–Crippen LogP) is 2.92. The molecule has 2 rings (SSSR count). The van der Waals surface area contributed by atoms with E-state index in [1.165, 1.54) is 4.90 Å². The van der Waals surface area contributed by atoms with E-state index in [0.717, 1.165) is 17.7 Å². The van der Waals surface area contributed by atoms with E-state index in [1.807, 2.05) is 0 Å². The summed E-state index contributed by atoms with van der Waals surface area (Å²) in [4.78, 5) is 12.9. The van der Waals surface area contributed by atoms with Gasteiger partial charge in [0, 0.05) is 20.6 Å². The van der Waals surface area contributed by atoms with Crippen LogP contribution in [0.15, 0.2) is 36.4 Å². The Bertz CT molecular complexity index is 793. The number of nitrogens with one attached hydrogen (secondary N) is 1. The third kappa shape index (κ3) is 4.91. The minimum atomic E-state index is -0.833. The van der Waals surface area contributed by atoms with Gasteiger partial charge in [-0.05, 0) is 29.8 Å². The SMILES string of the molecule is CN(C)C(=O)COc1cccc(CNc2c(F)cc(C#N)cc2F)c1. The molecule has 0 aromatic heterocycles. The van der Waals surface area contributed by atoms with Crippen LogP contribution in [-0.2, 0) is 11.3 Å². The molecule has 1 amide bonds. The van der Waals surface area contributed by atoms with E-state index in [2.05, 4.69) is 5.32 Å². The zero-order valence-corrected chi connectivity index (χ0v) is 13.8. The van der Waals surface area contributed by atoms with E-state index in [1.54, 1.807) is 44.4 Å². The lowest BCUT2D eigenvalue weighted by atomic mass is 10.1. The lowest BCUT2D eigenvalue weighted by Crippen LogP contribution is -2.27. The summed E-state index contributed by atoms with van der Waals surface area (Å²) in [5.74, 6) is -1.36. The molecule has 2 aromatic rings. The lowest BCUT2D eigenvalue weighted by Gasteiger charge is -2.13. The number of nitriles is 1. The molecule has 0 bridgehead atoms. The largest absolute Gasteiger partial charge is 0.484 e. The van der Waals surface area contributed by atoms with Gasteiger partial charge in [0.1, 0.15) is 11.4 Å². The summed E-state index contributed by atoms with van der Waals surface area (Å²) < 4.78 is 33.1. The first kappa shape index (κ1) is 18.2. The van der Waals surface area contributed by atoms with Gasteiger partial charge >= 0.3 is 0 Å². The molecule has 0 aliphatic heterocycles. The van der Waals surface area contributed by atoms with Crippen LogP contribution in [-0.4, -0.2) is 31.5 Å². The summed E-state index contributed by atoms with van der Waals surface area (Å²) in [6, 6.07) is 10.5. The van der Waals surface area contributed by atoms with Crippen LogP contribution >= 0.6 is 0 Å². The molecular weight excluding hydrogens is 328 g/mol. The van der Waals surface area contributed by atoms with E-state index < -0.39 is 11.6 Å². The van der Waals surface area contributed by atoms with Crippen LogP contribution in [0.1, 0.15) is 11.1 Å². The van der Waals surface area contributed by atoms with Crippen molar-refractivity contribution >= 4 is 11.6 Å². The number of amides is 1. The van der Waals surface area contributed by atoms with Gasteiger partial charge in [0.2, 0.25) is 0 Å². The number of hydrogen-bond donors (Lipinski definition) is 1. The van der Waals surface area contributed by atoms with Gasteiger partial charge in [-0.1, -0.05) is 12.1 Å². The Labute approximate surface area is 144 Å². The molecule has 25 heavy (non-hydrogen) atoms. The third-order valence-corrected chi connectivity index (χ3v) is 3.40. The second-order valence-electron chi connectivity index (χ2n) is 5.50. The average molecular weight is 345 g/mol. The average Bonchev–Trinajstić information content (AvgIpc) is 2.59. The number of carbonyl (C=O) groups excluding carboxylic acids is 1. The number of benzene rings is 2. The number of rotatable bonds is 6. The molecule has 5 nitrogen and oxygen atoms in total. The van der Waals surface area contributed by atoms with E-state index in [-0.39, 0.29) is 30.3 Å². The molecule has 130 valence electrons. The molecule has 0 heterocycles. The van der Waals surface area contributed by atoms with Crippen molar-refractivity contribution in [3.8, 4) is 11.8 Å². The number of nitrogens with zero attached hydrogens (tertiary/aromatic N) is 2. The van der Waals surface area contributed by atoms with Crippen LogP contribution in [0.25, 0.3) is 0 Å². The molecule has 0 unspecified atom stereocenters. The smallest absolute Gasteiger partial charge is 0.259 e. The Morgan fingerprint density at radius 1 is 1.24 bits per heavy atom. The molecule has 0 radical (unpaired) electrons. The van der Waals surface area contributed by atoms with Crippen molar-refractivity contribution in [3.05, 3.63) is 59.2 Å². The van der Waals surface area contributed by atoms with Crippen molar-refractivity contribution in [1.29, 1.82) is 5.26 Å². The minimum absolute atomic E-state index is 0.0819. The summed E-state index contributed by atoms with van der Waals surface area (Å²) in [7, 11) is 3.26. The first-order valence-electron chi connectivity index (χ1n) is 7.45. The molecule has 0 saturated carbocycles. The Morgan fingerprint density at radius 2 is 1.92 bits per heavy atom. The second kappa shape index (κ2) is 8.11. The van der Waals surface area contributed by atoms with Gasteiger partial charge in [0.15, 0.2) is 18.2 Å². The monoisotopic (exact) mass is 345 g/mol. The molecule has 0 saturated heterocycles. The molecule has 0 aliphatic carbocycles. The molecule has 0 spiro atoms. The fourth-order valence-corrected chi connectivity index (χ4v) is 2.02. The van der Waals surface area contributed by atoms with E-state index in [4.69, 9.17) is 10.00 Å². The number of carbonyl (C=O) groups is 1. The maximum atomic E-state index is 13.8. The van der Waals surface area contributed by atoms with Gasteiger partial charge < -0.3 is 15.0 Å². The highest BCUT2D eigenvalue weighted by molar-refractivity contribution is 5.77. The fraction of sp³-hybridized carbons (Fsp3) is 0.222. The summed E-state index contributed by atoms with van der Waals surface area (Å²) in [6.45, 7) is 0.0569. The summed E-state index contributed by atoms with van der Waals surface area (Å²) in [6.07, 6.45) is 0. The molecule has 0 aliphatic rings.